The molecule has 0 radical (unpaired) electrons. The van der Waals surface area contributed by atoms with Crippen molar-refractivity contribution in [1.29, 1.82) is 0 Å². The topological polar surface area (TPSA) is 35.6 Å². The Hall–Kier alpha value is -2.47. The zero-order chi connectivity index (χ0) is 20.8. The van der Waals surface area contributed by atoms with E-state index >= 15 is 0 Å². The molecule has 0 bridgehead atoms. The van der Waals surface area contributed by atoms with E-state index in [1.807, 2.05) is 4.90 Å². The van der Waals surface area contributed by atoms with Crippen LogP contribution in [0.4, 0.5) is 20.2 Å². The molecule has 4 nitrogen and oxygen atoms in total. The van der Waals surface area contributed by atoms with Gasteiger partial charge in [-0.1, -0.05) is 19.1 Å². The van der Waals surface area contributed by atoms with E-state index < -0.39 is 11.6 Å². The molecule has 2 aromatic rings. The van der Waals surface area contributed by atoms with E-state index in [1.54, 1.807) is 6.92 Å². The monoisotopic (exact) mass is 401 g/mol. The highest BCUT2D eigenvalue weighted by molar-refractivity contribution is 5.93. The molecule has 1 N–H and O–H groups in total. The molecule has 0 atom stereocenters. The van der Waals surface area contributed by atoms with Gasteiger partial charge in [-0.2, -0.15) is 0 Å². The van der Waals surface area contributed by atoms with Crippen LogP contribution < -0.4 is 10.2 Å². The predicted molar refractivity (Wildman–Crippen MR) is 113 cm³/mol. The molecule has 1 amide bonds. The van der Waals surface area contributed by atoms with Crippen molar-refractivity contribution < 1.29 is 13.6 Å². The number of anilines is 2. The van der Waals surface area contributed by atoms with Crippen LogP contribution in [0.3, 0.4) is 0 Å². The van der Waals surface area contributed by atoms with Gasteiger partial charge in [-0.25, -0.2) is 8.78 Å². The number of nitrogens with one attached hydrogen (secondary N) is 1. The number of piperidine rings is 1. The number of fused-ring (bicyclic) bond motifs is 1. The van der Waals surface area contributed by atoms with Crippen molar-refractivity contribution in [2.24, 2.45) is 0 Å². The molecule has 0 saturated carbocycles. The molecule has 2 aliphatic rings. The van der Waals surface area contributed by atoms with Gasteiger partial charge in [0.1, 0.15) is 11.6 Å². The summed E-state index contributed by atoms with van der Waals surface area (Å²) in [6.45, 7) is 8.19. The summed E-state index contributed by atoms with van der Waals surface area (Å²) < 4.78 is 23.9. The predicted octanol–water partition coefficient (Wildman–Crippen LogP) is 4.46. The second-order valence-electron chi connectivity index (χ2n) is 7.51. The first-order valence-corrected chi connectivity index (χ1v) is 10.3. The van der Waals surface area contributed by atoms with Crippen molar-refractivity contribution in [3.05, 3.63) is 59.7 Å². The standard InChI is InChI=1S/C17H25N3O.C6H4F2/c1-3-19-10-7-15(8-11-19)20(13(2)21)16-5-4-14-6-9-18-17(14)12-16;7-5-2-1-3-6(8)4-5/h4-5,12,15,18H,3,6-11H2,1-2H3;1-4H. The summed E-state index contributed by atoms with van der Waals surface area (Å²) in [7, 11) is 0. The van der Waals surface area contributed by atoms with E-state index in [0.29, 0.717) is 6.04 Å². The van der Waals surface area contributed by atoms with Gasteiger partial charge in [0.25, 0.3) is 0 Å². The SMILES string of the molecule is CCN1CCC(N(C(C)=O)c2ccc3c(c2)NCC3)CC1.Fc1cccc(F)c1. The van der Waals surface area contributed by atoms with Crippen molar-refractivity contribution >= 4 is 17.3 Å². The lowest BCUT2D eigenvalue weighted by Gasteiger charge is -2.38. The summed E-state index contributed by atoms with van der Waals surface area (Å²) in [4.78, 5) is 16.7. The highest BCUT2D eigenvalue weighted by atomic mass is 19.1. The number of rotatable bonds is 3. The van der Waals surface area contributed by atoms with E-state index in [2.05, 4.69) is 35.3 Å². The number of hydrogen-bond acceptors (Lipinski definition) is 3. The Morgan fingerprint density at radius 2 is 1.83 bits per heavy atom. The second-order valence-corrected chi connectivity index (χ2v) is 7.51. The number of carbonyl (C=O) groups is 1. The summed E-state index contributed by atoms with van der Waals surface area (Å²) in [5.41, 5.74) is 3.61. The number of amides is 1. The maximum Gasteiger partial charge on any atom is 0.224 e. The van der Waals surface area contributed by atoms with Crippen LogP contribution in [0.1, 0.15) is 32.3 Å². The van der Waals surface area contributed by atoms with E-state index in [4.69, 9.17) is 0 Å². The summed E-state index contributed by atoms with van der Waals surface area (Å²) in [5, 5.41) is 3.41. The van der Waals surface area contributed by atoms with Gasteiger partial charge in [0, 0.05) is 50.0 Å². The molecule has 156 valence electrons. The van der Waals surface area contributed by atoms with Gasteiger partial charge < -0.3 is 15.1 Å². The lowest BCUT2D eigenvalue weighted by atomic mass is 10.0. The quantitative estimate of drug-likeness (QED) is 0.825. The van der Waals surface area contributed by atoms with Crippen LogP contribution in [-0.4, -0.2) is 43.0 Å². The molecule has 6 heteroatoms. The van der Waals surface area contributed by atoms with E-state index in [9.17, 15) is 13.6 Å². The zero-order valence-corrected chi connectivity index (χ0v) is 17.1. The Balaban J connectivity index is 0.000000252. The van der Waals surface area contributed by atoms with Crippen LogP contribution in [0, 0.1) is 11.6 Å². The number of likely N-dealkylation sites (tertiary alicyclic amines) is 1. The first-order valence-electron chi connectivity index (χ1n) is 10.3. The van der Waals surface area contributed by atoms with Gasteiger partial charge in [0.05, 0.1) is 0 Å². The number of carbonyl (C=O) groups excluding carboxylic acids is 1. The first kappa shape index (κ1) is 21.2. The highest BCUT2D eigenvalue weighted by Crippen LogP contribution is 2.30. The van der Waals surface area contributed by atoms with Gasteiger partial charge in [0.15, 0.2) is 0 Å². The van der Waals surface area contributed by atoms with Crippen molar-refractivity contribution in [1.82, 2.24) is 4.90 Å². The number of nitrogens with zero attached hydrogens (tertiary/aromatic N) is 2. The van der Waals surface area contributed by atoms with Gasteiger partial charge in [-0.3, -0.25) is 4.79 Å². The Morgan fingerprint density at radius 1 is 1.14 bits per heavy atom. The molecule has 2 aliphatic heterocycles. The van der Waals surface area contributed by atoms with Crippen LogP contribution in [0.5, 0.6) is 0 Å². The Labute approximate surface area is 171 Å². The minimum absolute atomic E-state index is 0.155. The molecule has 1 fully saturated rings. The maximum absolute atomic E-state index is 12.2. The lowest BCUT2D eigenvalue weighted by molar-refractivity contribution is -0.117. The van der Waals surface area contributed by atoms with Crippen LogP contribution in [0.2, 0.25) is 0 Å². The van der Waals surface area contributed by atoms with Gasteiger partial charge >= 0.3 is 0 Å². The van der Waals surface area contributed by atoms with Crippen LogP contribution in [0.25, 0.3) is 0 Å². The van der Waals surface area contributed by atoms with E-state index in [-0.39, 0.29) is 5.91 Å². The molecule has 2 heterocycles. The Morgan fingerprint density at radius 3 is 2.38 bits per heavy atom. The molecule has 29 heavy (non-hydrogen) atoms. The molecule has 0 spiro atoms. The first-order chi connectivity index (χ1) is 14.0. The molecule has 0 unspecified atom stereocenters. The fraction of sp³-hybridized carbons (Fsp3) is 0.435. The average molecular weight is 402 g/mol. The fourth-order valence-corrected chi connectivity index (χ4v) is 4.03. The third kappa shape index (κ3) is 5.54. The summed E-state index contributed by atoms with van der Waals surface area (Å²) >= 11 is 0. The molecule has 4 rings (SSSR count). The van der Waals surface area contributed by atoms with E-state index in [0.717, 1.165) is 57.2 Å². The molecular formula is C23H29F2N3O. The number of halogens is 2. The minimum Gasteiger partial charge on any atom is -0.384 e. The molecular weight excluding hydrogens is 372 g/mol. The summed E-state index contributed by atoms with van der Waals surface area (Å²) in [6, 6.07) is 11.3. The number of benzene rings is 2. The zero-order valence-electron chi connectivity index (χ0n) is 17.1. The largest absolute Gasteiger partial charge is 0.384 e. The lowest BCUT2D eigenvalue weighted by Crippen LogP contribution is -2.46. The molecule has 0 aromatic heterocycles. The number of hydrogen-bond donors (Lipinski definition) is 1. The second kappa shape index (κ2) is 9.83. The molecule has 0 aliphatic carbocycles. The third-order valence-electron chi connectivity index (χ3n) is 5.58. The normalized spacial score (nSPS) is 16.4. The maximum atomic E-state index is 12.2. The van der Waals surface area contributed by atoms with Crippen LogP contribution in [0.15, 0.2) is 42.5 Å². The highest BCUT2D eigenvalue weighted by Gasteiger charge is 2.27. The Bertz CT molecular complexity index is 817. The minimum atomic E-state index is -0.537. The van der Waals surface area contributed by atoms with Gasteiger partial charge in [0.2, 0.25) is 5.91 Å². The molecule has 1 saturated heterocycles. The van der Waals surface area contributed by atoms with Crippen molar-refractivity contribution in [3.8, 4) is 0 Å². The van der Waals surface area contributed by atoms with Crippen molar-refractivity contribution in [2.45, 2.75) is 39.2 Å². The van der Waals surface area contributed by atoms with Crippen molar-refractivity contribution in [3.63, 3.8) is 0 Å². The Kier molecular flexibility index (Phi) is 7.20. The van der Waals surface area contributed by atoms with E-state index in [1.165, 1.54) is 29.4 Å². The fourth-order valence-electron chi connectivity index (χ4n) is 4.03. The van der Waals surface area contributed by atoms with Crippen LogP contribution in [-0.2, 0) is 11.2 Å². The summed E-state index contributed by atoms with van der Waals surface area (Å²) in [6.07, 6.45) is 3.22. The molecule has 2 aromatic carbocycles. The smallest absolute Gasteiger partial charge is 0.224 e. The van der Waals surface area contributed by atoms with Gasteiger partial charge in [-0.15, -0.1) is 0 Å². The van der Waals surface area contributed by atoms with Gasteiger partial charge in [-0.05, 0) is 55.6 Å². The van der Waals surface area contributed by atoms with Crippen molar-refractivity contribution in [2.75, 3.05) is 36.4 Å². The van der Waals surface area contributed by atoms with Crippen LogP contribution >= 0.6 is 0 Å². The third-order valence-corrected chi connectivity index (χ3v) is 5.58. The summed E-state index contributed by atoms with van der Waals surface area (Å²) in [5.74, 6) is -0.919. The average Bonchev–Trinajstić information content (AvgIpc) is 3.17.